The molecule has 158 valence electrons. The lowest BCUT2D eigenvalue weighted by Crippen LogP contribution is -2.28. The van der Waals surface area contributed by atoms with Crippen LogP contribution in [0.1, 0.15) is 23.3 Å². The lowest BCUT2D eigenvalue weighted by atomic mass is 9.95. The number of benzene rings is 4. The van der Waals surface area contributed by atoms with Crippen molar-refractivity contribution in [2.24, 2.45) is 0 Å². The third-order valence-corrected chi connectivity index (χ3v) is 5.75. The smallest absolute Gasteiger partial charge is 0.415 e. The van der Waals surface area contributed by atoms with Gasteiger partial charge in [0, 0.05) is 0 Å². The second-order valence-corrected chi connectivity index (χ2v) is 7.85. The topological polar surface area (TPSA) is 38.8 Å². The molecule has 4 aromatic rings. The molecule has 32 heavy (non-hydrogen) atoms. The van der Waals surface area contributed by atoms with Gasteiger partial charge in [0.2, 0.25) is 0 Å². The van der Waals surface area contributed by atoms with Crippen LogP contribution in [-0.4, -0.2) is 6.09 Å². The average molecular weight is 442 g/mol. The van der Waals surface area contributed by atoms with Crippen molar-refractivity contribution in [2.45, 2.75) is 12.1 Å². The summed E-state index contributed by atoms with van der Waals surface area (Å²) < 4.78 is 12.1. The molecule has 0 saturated carbocycles. The first-order chi connectivity index (χ1) is 15.7. The first-order valence-electron chi connectivity index (χ1n) is 10.3. The molecule has 4 nitrogen and oxygen atoms in total. The van der Waals surface area contributed by atoms with Crippen LogP contribution in [0.5, 0.6) is 11.5 Å². The standard InChI is InChI=1S/C27H20ClNO3/c28-21-15-7-9-17-23(21)31-24-18-10-8-16-22(24)29-25(19-11-3-1-4-12-19)26(32-27(29)30)20-13-5-2-6-14-20/h1-18,25-26H/t25-,26+/m0/s1. The van der Waals surface area contributed by atoms with Gasteiger partial charge in [0.25, 0.3) is 0 Å². The van der Waals surface area contributed by atoms with E-state index in [2.05, 4.69) is 0 Å². The van der Waals surface area contributed by atoms with Gasteiger partial charge in [-0.25, -0.2) is 4.79 Å². The van der Waals surface area contributed by atoms with E-state index in [1.165, 1.54) is 0 Å². The summed E-state index contributed by atoms with van der Waals surface area (Å²) >= 11 is 6.31. The molecule has 1 aliphatic rings. The summed E-state index contributed by atoms with van der Waals surface area (Å²) in [5, 5.41) is 0.494. The average Bonchev–Trinajstić information content (AvgIpc) is 3.19. The van der Waals surface area contributed by atoms with Crippen LogP contribution in [0.2, 0.25) is 5.02 Å². The molecule has 0 bridgehead atoms. The van der Waals surface area contributed by atoms with Crippen molar-refractivity contribution < 1.29 is 14.3 Å². The monoisotopic (exact) mass is 441 g/mol. The van der Waals surface area contributed by atoms with E-state index in [1.54, 1.807) is 17.0 Å². The summed E-state index contributed by atoms with van der Waals surface area (Å²) in [6, 6.07) is 34.0. The number of amides is 1. The lowest BCUT2D eigenvalue weighted by molar-refractivity contribution is 0.132. The van der Waals surface area contributed by atoms with Crippen LogP contribution in [0.15, 0.2) is 109 Å². The first-order valence-corrected chi connectivity index (χ1v) is 10.7. The molecule has 0 N–H and O–H groups in total. The summed E-state index contributed by atoms with van der Waals surface area (Å²) in [5.74, 6) is 1.04. The van der Waals surface area contributed by atoms with Crippen LogP contribution in [0.25, 0.3) is 0 Å². The van der Waals surface area contributed by atoms with Crippen molar-refractivity contribution >= 4 is 23.4 Å². The Bertz CT molecular complexity index is 1230. The number of halogens is 1. The van der Waals surface area contributed by atoms with E-state index in [1.807, 2.05) is 97.1 Å². The molecule has 5 rings (SSSR count). The van der Waals surface area contributed by atoms with Crippen molar-refractivity contribution in [3.05, 3.63) is 125 Å². The highest BCUT2D eigenvalue weighted by molar-refractivity contribution is 6.32. The number of hydrogen-bond donors (Lipinski definition) is 0. The molecule has 0 spiro atoms. The zero-order valence-electron chi connectivity index (χ0n) is 17.1. The molecule has 0 radical (unpaired) electrons. The largest absolute Gasteiger partial charge is 0.454 e. The van der Waals surface area contributed by atoms with Crippen LogP contribution >= 0.6 is 11.6 Å². The Kier molecular flexibility index (Phi) is 5.53. The molecule has 5 heteroatoms. The number of para-hydroxylation sites is 3. The number of carbonyl (C=O) groups is 1. The van der Waals surface area contributed by atoms with Gasteiger partial charge in [-0.15, -0.1) is 0 Å². The van der Waals surface area contributed by atoms with Crippen molar-refractivity contribution in [1.82, 2.24) is 0 Å². The number of cyclic esters (lactones) is 1. The molecule has 1 aliphatic heterocycles. The maximum absolute atomic E-state index is 13.2. The number of carbonyl (C=O) groups excluding carboxylic acids is 1. The Morgan fingerprint density at radius 3 is 1.94 bits per heavy atom. The zero-order chi connectivity index (χ0) is 21.9. The summed E-state index contributed by atoms with van der Waals surface area (Å²) in [5.41, 5.74) is 2.52. The summed E-state index contributed by atoms with van der Waals surface area (Å²) in [6.45, 7) is 0. The van der Waals surface area contributed by atoms with E-state index in [0.717, 1.165) is 11.1 Å². The fourth-order valence-corrected chi connectivity index (χ4v) is 4.16. The van der Waals surface area contributed by atoms with Crippen LogP contribution < -0.4 is 9.64 Å². The predicted molar refractivity (Wildman–Crippen MR) is 125 cm³/mol. The molecule has 0 aliphatic carbocycles. The number of rotatable bonds is 5. The first kappa shape index (κ1) is 20.2. The van der Waals surface area contributed by atoms with Gasteiger partial charge >= 0.3 is 6.09 Å². The third kappa shape index (κ3) is 3.81. The minimum absolute atomic E-state index is 0.359. The number of hydrogen-bond acceptors (Lipinski definition) is 3. The highest BCUT2D eigenvalue weighted by Gasteiger charge is 2.45. The van der Waals surface area contributed by atoms with E-state index in [-0.39, 0.29) is 6.04 Å². The van der Waals surface area contributed by atoms with Gasteiger partial charge in [0.1, 0.15) is 11.8 Å². The fourth-order valence-electron chi connectivity index (χ4n) is 3.98. The normalized spacial score (nSPS) is 17.8. The highest BCUT2D eigenvalue weighted by Crippen LogP contribution is 2.48. The Labute approximate surface area is 191 Å². The molecule has 0 unspecified atom stereocenters. The Morgan fingerprint density at radius 2 is 1.25 bits per heavy atom. The molecule has 1 heterocycles. The van der Waals surface area contributed by atoms with Crippen LogP contribution in [0.4, 0.5) is 10.5 Å². The zero-order valence-corrected chi connectivity index (χ0v) is 17.9. The minimum Gasteiger partial charge on any atom is -0.454 e. The van der Waals surface area contributed by atoms with Crippen molar-refractivity contribution in [3.63, 3.8) is 0 Å². The Morgan fingerprint density at radius 1 is 0.688 bits per heavy atom. The molecule has 0 aromatic heterocycles. The Balaban J connectivity index is 1.61. The van der Waals surface area contributed by atoms with E-state index in [0.29, 0.717) is 22.2 Å². The van der Waals surface area contributed by atoms with Crippen LogP contribution in [0, 0.1) is 0 Å². The van der Waals surface area contributed by atoms with E-state index in [4.69, 9.17) is 21.1 Å². The second-order valence-electron chi connectivity index (χ2n) is 7.44. The van der Waals surface area contributed by atoms with Crippen molar-refractivity contribution in [3.8, 4) is 11.5 Å². The minimum atomic E-state index is -0.459. The van der Waals surface area contributed by atoms with Gasteiger partial charge in [0.15, 0.2) is 11.9 Å². The summed E-state index contributed by atoms with van der Waals surface area (Å²) in [6.07, 6.45) is -0.887. The highest BCUT2D eigenvalue weighted by atomic mass is 35.5. The maximum Gasteiger partial charge on any atom is 0.415 e. The van der Waals surface area contributed by atoms with Gasteiger partial charge in [-0.05, 0) is 35.4 Å². The van der Waals surface area contributed by atoms with Gasteiger partial charge in [-0.2, -0.15) is 0 Å². The summed E-state index contributed by atoms with van der Waals surface area (Å²) in [7, 11) is 0. The molecular weight excluding hydrogens is 422 g/mol. The van der Waals surface area contributed by atoms with E-state index < -0.39 is 12.2 Å². The summed E-state index contributed by atoms with van der Waals surface area (Å²) in [4.78, 5) is 14.9. The van der Waals surface area contributed by atoms with Gasteiger partial charge in [-0.1, -0.05) is 96.5 Å². The predicted octanol–water partition coefficient (Wildman–Crippen LogP) is 7.57. The van der Waals surface area contributed by atoms with Crippen LogP contribution in [-0.2, 0) is 4.74 Å². The lowest BCUT2D eigenvalue weighted by Gasteiger charge is -2.27. The SMILES string of the molecule is O=C1O[C@H](c2ccccc2)[C@H](c2ccccc2)N1c1ccccc1Oc1ccccc1Cl. The quantitative estimate of drug-likeness (QED) is 0.320. The van der Waals surface area contributed by atoms with E-state index >= 15 is 0 Å². The fraction of sp³-hybridized carbons (Fsp3) is 0.0741. The van der Waals surface area contributed by atoms with Crippen molar-refractivity contribution in [1.29, 1.82) is 0 Å². The molecule has 1 saturated heterocycles. The number of nitrogens with zero attached hydrogens (tertiary/aromatic N) is 1. The van der Waals surface area contributed by atoms with Gasteiger partial charge in [-0.3, -0.25) is 4.90 Å². The Hall–Kier alpha value is -3.76. The molecule has 2 atom stereocenters. The molecule has 1 fully saturated rings. The third-order valence-electron chi connectivity index (χ3n) is 5.44. The van der Waals surface area contributed by atoms with Crippen molar-refractivity contribution in [2.75, 3.05) is 4.90 Å². The van der Waals surface area contributed by atoms with Gasteiger partial charge < -0.3 is 9.47 Å². The van der Waals surface area contributed by atoms with E-state index in [9.17, 15) is 4.79 Å². The maximum atomic E-state index is 13.2. The number of ether oxygens (including phenoxy) is 2. The second kappa shape index (κ2) is 8.77. The molecular formula is C27H20ClNO3. The van der Waals surface area contributed by atoms with Gasteiger partial charge in [0.05, 0.1) is 10.7 Å². The van der Waals surface area contributed by atoms with Crippen LogP contribution in [0.3, 0.4) is 0 Å². The number of anilines is 1. The molecule has 1 amide bonds. The molecule has 4 aromatic carbocycles.